The standard InChI is InChI=1S/C46H29PS/c1-3-10-30(11-4-1)32-18-22-34(23-19-32)47(35-24-20-33(21-25-35)31-12-5-2-6-13-31)36-26-27-40-43(28-36)48-44-29-42-38-15-8-7-14-37(38)39-16-9-17-41(45(39)42)46(40)44/h1-29H/p+1. The maximum Gasteiger partial charge on any atom is 0.103 e. The number of hydrogen-bond acceptors (Lipinski definition) is 1. The van der Waals surface area contributed by atoms with Gasteiger partial charge in [0.25, 0.3) is 0 Å². The van der Waals surface area contributed by atoms with Crippen LogP contribution < -0.4 is 15.9 Å². The van der Waals surface area contributed by atoms with Crippen molar-refractivity contribution in [2.75, 3.05) is 0 Å². The van der Waals surface area contributed by atoms with Crippen LogP contribution in [-0.4, -0.2) is 0 Å². The van der Waals surface area contributed by atoms with Crippen LogP contribution >= 0.6 is 19.3 Å². The molecular weight excluding hydrogens is 616 g/mol. The molecule has 0 bridgehead atoms. The summed E-state index contributed by atoms with van der Waals surface area (Å²) in [6.07, 6.45) is 0. The third-order valence-corrected chi connectivity index (χ3v) is 13.8. The van der Waals surface area contributed by atoms with Crippen molar-refractivity contribution in [3.05, 3.63) is 176 Å². The van der Waals surface area contributed by atoms with Crippen molar-refractivity contribution in [3.63, 3.8) is 0 Å². The van der Waals surface area contributed by atoms with Crippen molar-refractivity contribution in [2.24, 2.45) is 0 Å². The van der Waals surface area contributed by atoms with Crippen molar-refractivity contribution in [1.82, 2.24) is 0 Å². The van der Waals surface area contributed by atoms with Gasteiger partial charge >= 0.3 is 0 Å². The maximum atomic E-state index is 2.50. The van der Waals surface area contributed by atoms with Gasteiger partial charge in [-0.1, -0.05) is 127 Å². The largest absolute Gasteiger partial charge is 0.135 e. The van der Waals surface area contributed by atoms with E-state index >= 15 is 0 Å². The van der Waals surface area contributed by atoms with Gasteiger partial charge in [0, 0.05) is 20.2 Å². The monoisotopic (exact) mass is 645 g/mol. The lowest BCUT2D eigenvalue weighted by atomic mass is 9.98. The summed E-state index contributed by atoms with van der Waals surface area (Å²) >= 11 is 1.94. The van der Waals surface area contributed by atoms with E-state index in [0.29, 0.717) is 0 Å². The molecule has 8 aromatic carbocycles. The second-order valence-electron chi connectivity index (χ2n) is 12.6. The van der Waals surface area contributed by atoms with E-state index < -0.39 is 7.92 Å². The van der Waals surface area contributed by atoms with E-state index in [0.717, 1.165) is 0 Å². The van der Waals surface area contributed by atoms with Crippen LogP contribution in [-0.2, 0) is 0 Å². The second-order valence-corrected chi connectivity index (χ2v) is 16.2. The molecule has 0 N–H and O–H groups in total. The molecule has 2 heteroatoms. The molecule has 224 valence electrons. The normalized spacial score (nSPS) is 11.9. The smallest absolute Gasteiger partial charge is 0.103 e. The fourth-order valence-electron chi connectivity index (χ4n) is 7.71. The van der Waals surface area contributed by atoms with Crippen molar-refractivity contribution >= 4 is 66.1 Å². The van der Waals surface area contributed by atoms with Crippen LogP contribution in [0.25, 0.3) is 75.5 Å². The average Bonchev–Trinajstić information content (AvgIpc) is 3.69. The van der Waals surface area contributed by atoms with Gasteiger partial charge in [0.2, 0.25) is 0 Å². The van der Waals surface area contributed by atoms with E-state index in [1.54, 1.807) is 0 Å². The first-order chi connectivity index (χ1) is 23.8. The van der Waals surface area contributed by atoms with Gasteiger partial charge in [-0.25, -0.2) is 0 Å². The SMILES string of the molecule is c1ccc(-c2ccc([PH+](c3ccc(-c4ccccc4)cc3)c3ccc4c(c3)sc3cc5c6c(cccc6c34)-c3ccccc3-5)cc2)cc1. The molecule has 1 aliphatic rings. The summed E-state index contributed by atoms with van der Waals surface area (Å²) in [4.78, 5) is 0. The zero-order chi connectivity index (χ0) is 31.6. The number of hydrogen-bond donors (Lipinski definition) is 0. The van der Waals surface area contributed by atoms with Gasteiger partial charge in [-0.2, -0.15) is 0 Å². The molecule has 0 radical (unpaired) electrons. The molecule has 1 aliphatic carbocycles. The van der Waals surface area contributed by atoms with Crippen LogP contribution in [0.4, 0.5) is 0 Å². The second kappa shape index (κ2) is 11.1. The van der Waals surface area contributed by atoms with E-state index in [4.69, 9.17) is 0 Å². The van der Waals surface area contributed by atoms with Crippen LogP contribution in [0.2, 0.25) is 0 Å². The minimum Gasteiger partial charge on any atom is -0.135 e. The Labute approximate surface area is 285 Å². The van der Waals surface area contributed by atoms with Gasteiger partial charge in [-0.05, 0) is 104 Å². The number of benzene rings is 8. The molecule has 0 nitrogen and oxygen atoms in total. The minimum absolute atomic E-state index is 1.25. The summed E-state index contributed by atoms with van der Waals surface area (Å²) < 4.78 is 2.73. The maximum absolute atomic E-state index is 2.50. The fraction of sp³-hybridized carbons (Fsp3) is 0. The molecule has 0 saturated carbocycles. The molecule has 1 heterocycles. The summed E-state index contributed by atoms with van der Waals surface area (Å²) in [6, 6.07) is 65.5. The lowest BCUT2D eigenvalue weighted by Gasteiger charge is -2.13. The first-order valence-electron chi connectivity index (χ1n) is 16.5. The highest BCUT2D eigenvalue weighted by Crippen LogP contribution is 2.51. The van der Waals surface area contributed by atoms with Gasteiger partial charge < -0.3 is 0 Å². The molecule has 0 spiro atoms. The van der Waals surface area contributed by atoms with E-state index in [2.05, 4.69) is 176 Å². The Kier molecular flexibility index (Phi) is 6.44. The summed E-state index contributed by atoms with van der Waals surface area (Å²) in [5.74, 6) is 0. The Morgan fingerprint density at radius 1 is 0.312 bits per heavy atom. The van der Waals surface area contributed by atoms with Crippen LogP contribution in [0.1, 0.15) is 0 Å². The van der Waals surface area contributed by atoms with Crippen LogP contribution in [0, 0.1) is 0 Å². The molecule has 0 atom stereocenters. The molecule has 48 heavy (non-hydrogen) atoms. The predicted molar refractivity (Wildman–Crippen MR) is 212 cm³/mol. The van der Waals surface area contributed by atoms with E-state index in [1.807, 2.05) is 11.3 Å². The molecule has 0 saturated heterocycles. The summed E-state index contributed by atoms with van der Waals surface area (Å²) in [5, 5.41) is 9.74. The highest BCUT2D eigenvalue weighted by Gasteiger charge is 2.28. The fourth-order valence-corrected chi connectivity index (χ4v) is 11.6. The number of rotatable bonds is 5. The lowest BCUT2D eigenvalue weighted by Crippen LogP contribution is -2.20. The molecule has 0 unspecified atom stereocenters. The quantitative estimate of drug-likeness (QED) is 0.163. The van der Waals surface area contributed by atoms with Crippen LogP contribution in [0.5, 0.6) is 0 Å². The van der Waals surface area contributed by atoms with Crippen LogP contribution in [0.15, 0.2) is 176 Å². The third-order valence-electron chi connectivity index (χ3n) is 9.95. The van der Waals surface area contributed by atoms with Gasteiger partial charge in [-0.3, -0.25) is 0 Å². The zero-order valence-corrected chi connectivity index (χ0v) is 28.0. The van der Waals surface area contributed by atoms with Gasteiger partial charge in [0.05, 0.1) is 7.92 Å². The predicted octanol–water partition coefficient (Wildman–Crippen LogP) is 11.7. The average molecular weight is 646 g/mol. The van der Waals surface area contributed by atoms with Crippen molar-refractivity contribution in [2.45, 2.75) is 0 Å². The van der Waals surface area contributed by atoms with Crippen molar-refractivity contribution < 1.29 is 0 Å². The Hall–Kier alpha value is -5.33. The first kappa shape index (κ1) is 27.8. The van der Waals surface area contributed by atoms with Crippen LogP contribution in [0.3, 0.4) is 0 Å². The molecule has 10 rings (SSSR count). The minimum atomic E-state index is -1.28. The van der Waals surface area contributed by atoms with Gasteiger partial charge in [0.15, 0.2) is 0 Å². The number of thiophene rings is 1. The molecule has 0 aliphatic heterocycles. The molecule has 0 amide bonds. The highest BCUT2D eigenvalue weighted by atomic mass is 32.1. The van der Waals surface area contributed by atoms with Gasteiger partial charge in [-0.15, -0.1) is 11.3 Å². The Bertz CT molecular complexity index is 2550. The van der Waals surface area contributed by atoms with Crippen molar-refractivity contribution in [1.29, 1.82) is 0 Å². The highest BCUT2D eigenvalue weighted by molar-refractivity contribution is 7.79. The Morgan fingerprint density at radius 3 is 1.46 bits per heavy atom. The first-order valence-corrected chi connectivity index (χ1v) is 18.8. The summed E-state index contributed by atoms with van der Waals surface area (Å²) in [6.45, 7) is 0. The molecular formula is C46H30PS+. The summed E-state index contributed by atoms with van der Waals surface area (Å²) in [5.41, 5.74) is 10.5. The molecule has 0 fully saturated rings. The van der Waals surface area contributed by atoms with E-state index in [1.165, 1.54) is 91.4 Å². The summed E-state index contributed by atoms with van der Waals surface area (Å²) in [7, 11) is -1.28. The third kappa shape index (κ3) is 4.40. The molecule has 9 aromatic rings. The topological polar surface area (TPSA) is 0 Å². The van der Waals surface area contributed by atoms with E-state index in [9.17, 15) is 0 Å². The molecule has 1 aromatic heterocycles. The zero-order valence-electron chi connectivity index (χ0n) is 26.2. The lowest BCUT2D eigenvalue weighted by molar-refractivity contribution is 1.63. The van der Waals surface area contributed by atoms with Crippen molar-refractivity contribution in [3.8, 4) is 44.5 Å². The Balaban J connectivity index is 1.13. The number of fused-ring (bicyclic) bond motifs is 7. The van der Waals surface area contributed by atoms with Gasteiger partial charge in [0.1, 0.15) is 15.9 Å². The Morgan fingerprint density at radius 2 is 0.833 bits per heavy atom. The van der Waals surface area contributed by atoms with E-state index in [-0.39, 0.29) is 0 Å².